The van der Waals surface area contributed by atoms with Gasteiger partial charge in [0.05, 0.1) is 11.4 Å². The van der Waals surface area contributed by atoms with Gasteiger partial charge in [0, 0.05) is 25.7 Å². The van der Waals surface area contributed by atoms with Crippen LogP contribution in [0.25, 0.3) is 0 Å². The first-order valence-corrected chi connectivity index (χ1v) is 8.34. The Hall–Kier alpha value is -0.920. The van der Waals surface area contributed by atoms with Crippen LogP contribution in [-0.2, 0) is 17.1 Å². The van der Waals surface area contributed by atoms with Crippen LogP contribution in [0.4, 0.5) is 0 Å². The number of aryl methyl sites for hydroxylation is 2. The van der Waals surface area contributed by atoms with E-state index < -0.39 is 10.0 Å². The fraction of sp³-hybridized carbons (Fsp3) is 0.769. The smallest absolute Gasteiger partial charge is 0.246 e. The fourth-order valence-corrected chi connectivity index (χ4v) is 4.57. The highest BCUT2D eigenvalue weighted by molar-refractivity contribution is 7.89. The maximum absolute atomic E-state index is 12.8. The lowest BCUT2D eigenvalue weighted by Crippen LogP contribution is -2.51. The lowest BCUT2D eigenvalue weighted by Gasteiger charge is -2.38. The second-order valence-corrected chi connectivity index (χ2v) is 7.71. The third kappa shape index (κ3) is 2.49. The van der Waals surface area contributed by atoms with Crippen LogP contribution in [-0.4, -0.2) is 48.2 Å². The van der Waals surface area contributed by atoms with Crippen molar-refractivity contribution < 1.29 is 8.42 Å². The first-order chi connectivity index (χ1) is 9.21. The molecule has 2 heterocycles. The zero-order valence-corrected chi connectivity index (χ0v) is 13.7. The Labute approximate surface area is 121 Å². The zero-order valence-electron chi connectivity index (χ0n) is 12.9. The van der Waals surface area contributed by atoms with Gasteiger partial charge in [0.25, 0.3) is 0 Å². The van der Waals surface area contributed by atoms with Gasteiger partial charge in [0.15, 0.2) is 0 Å². The Kier molecular flexibility index (Phi) is 3.96. The van der Waals surface area contributed by atoms with E-state index in [0.717, 1.165) is 12.8 Å². The molecule has 6 nitrogen and oxygen atoms in total. The number of nitrogens with zero attached hydrogens (tertiary/aromatic N) is 3. The minimum absolute atomic E-state index is 0.0328. The maximum Gasteiger partial charge on any atom is 0.246 e. The molecule has 2 rings (SSSR count). The molecule has 1 aliphatic rings. The van der Waals surface area contributed by atoms with E-state index in [-0.39, 0.29) is 5.54 Å². The SMILES string of the molecule is CNC1(C)CCN(S(=O)(=O)c2c(C)nn(C)c2C)CC1. The van der Waals surface area contributed by atoms with Gasteiger partial charge in [-0.3, -0.25) is 4.68 Å². The van der Waals surface area contributed by atoms with Gasteiger partial charge in [-0.05, 0) is 40.7 Å². The molecule has 1 aromatic rings. The molecular weight excluding hydrogens is 276 g/mol. The van der Waals surface area contributed by atoms with Crippen LogP contribution >= 0.6 is 0 Å². The fourth-order valence-electron chi connectivity index (χ4n) is 2.73. The summed E-state index contributed by atoms with van der Waals surface area (Å²) in [6.07, 6.45) is 1.64. The molecule has 1 aliphatic heterocycles. The lowest BCUT2D eigenvalue weighted by molar-refractivity contribution is 0.219. The molecule has 20 heavy (non-hydrogen) atoms. The quantitative estimate of drug-likeness (QED) is 0.896. The average molecular weight is 300 g/mol. The van der Waals surface area contributed by atoms with E-state index in [9.17, 15) is 8.42 Å². The van der Waals surface area contributed by atoms with E-state index in [1.807, 2.05) is 7.05 Å². The zero-order chi connectivity index (χ0) is 15.1. The van der Waals surface area contributed by atoms with Crippen LogP contribution in [0.15, 0.2) is 4.90 Å². The summed E-state index contributed by atoms with van der Waals surface area (Å²) in [5.41, 5.74) is 1.31. The Morgan fingerprint density at radius 1 is 1.25 bits per heavy atom. The van der Waals surface area contributed by atoms with Gasteiger partial charge in [-0.15, -0.1) is 0 Å². The Morgan fingerprint density at radius 3 is 2.20 bits per heavy atom. The summed E-state index contributed by atoms with van der Waals surface area (Å²) < 4.78 is 28.8. The highest BCUT2D eigenvalue weighted by atomic mass is 32.2. The number of piperidine rings is 1. The molecule has 1 aromatic heterocycles. The molecule has 0 atom stereocenters. The first kappa shape index (κ1) is 15.5. The van der Waals surface area contributed by atoms with Crippen molar-refractivity contribution in [2.45, 2.75) is 44.0 Å². The largest absolute Gasteiger partial charge is 0.314 e. The topological polar surface area (TPSA) is 67.2 Å². The molecule has 0 aromatic carbocycles. The molecule has 0 unspecified atom stereocenters. The van der Waals surface area contributed by atoms with Crippen molar-refractivity contribution in [2.75, 3.05) is 20.1 Å². The van der Waals surface area contributed by atoms with Crippen molar-refractivity contribution in [3.05, 3.63) is 11.4 Å². The predicted molar refractivity (Wildman–Crippen MR) is 78.1 cm³/mol. The summed E-state index contributed by atoms with van der Waals surface area (Å²) >= 11 is 0. The highest BCUT2D eigenvalue weighted by Gasteiger charge is 2.36. The van der Waals surface area contributed by atoms with E-state index in [1.165, 1.54) is 0 Å². The van der Waals surface area contributed by atoms with Crippen LogP contribution in [0.1, 0.15) is 31.2 Å². The third-order valence-corrected chi connectivity index (χ3v) is 6.62. The van der Waals surface area contributed by atoms with Crippen molar-refractivity contribution in [3.63, 3.8) is 0 Å². The maximum atomic E-state index is 12.8. The third-order valence-electron chi connectivity index (χ3n) is 4.47. The van der Waals surface area contributed by atoms with Crippen molar-refractivity contribution in [3.8, 4) is 0 Å². The van der Waals surface area contributed by atoms with Crippen LogP contribution in [0.2, 0.25) is 0 Å². The number of nitrogens with one attached hydrogen (secondary N) is 1. The minimum Gasteiger partial charge on any atom is -0.314 e. The minimum atomic E-state index is -3.44. The molecule has 0 radical (unpaired) electrons. The molecule has 0 amide bonds. The lowest BCUT2D eigenvalue weighted by atomic mass is 9.91. The molecule has 0 spiro atoms. The van der Waals surface area contributed by atoms with E-state index in [0.29, 0.717) is 29.4 Å². The molecule has 0 bridgehead atoms. The molecule has 114 valence electrons. The van der Waals surface area contributed by atoms with Gasteiger partial charge in [0.2, 0.25) is 10.0 Å². The van der Waals surface area contributed by atoms with E-state index in [2.05, 4.69) is 17.3 Å². The standard InChI is InChI=1S/C13H24N4O2S/c1-10-12(11(2)16(5)15-10)20(18,19)17-8-6-13(3,14-4)7-9-17/h14H,6-9H2,1-5H3. The Bertz CT molecular complexity index is 598. The van der Waals surface area contributed by atoms with Crippen molar-refractivity contribution >= 4 is 10.0 Å². The van der Waals surface area contributed by atoms with Gasteiger partial charge < -0.3 is 5.32 Å². The molecule has 0 saturated carbocycles. The molecule has 1 fully saturated rings. The first-order valence-electron chi connectivity index (χ1n) is 6.90. The summed E-state index contributed by atoms with van der Waals surface area (Å²) in [7, 11) is 0.265. The summed E-state index contributed by atoms with van der Waals surface area (Å²) in [6, 6.07) is 0. The molecule has 7 heteroatoms. The summed E-state index contributed by atoms with van der Waals surface area (Å²) in [6.45, 7) is 6.79. The molecular formula is C13H24N4O2S. The number of rotatable bonds is 3. The van der Waals surface area contributed by atoms with Gasteiger partial charge in [-0.2, -0.15) is 9.40 Å². The number of hydrogen-bond donors (Lipinski definition) is 1. The van der Waals surface area contributed by atoms with Gasteiger partial charge >= 0.3 is 0 Å². The molecule has 0 aliphatic carbocycles. The Morgan fingerprint density at radius 2 is 1.80 bits per heavy atom. The average Bonchev–Trinajstić information content (AvgIpc) is 2.64. The van der Waals surface area contributed by atoms with E-state index in [1.54, 1.807) is 29.9 Å². The number of sulfonamides is 1. The monoisotopic (exact) mass is 300 g/mol. The van der Waals surface area contributed by atoms with Gasteiger partial charge in [-0.1, -0.05) is 0 Å². The van der Waals surface area contributed by atoms with Gasteiger partial charge in [0.1, 0.15) is 4.90 Å². The van der Waals surface area contributed by atoms with Crippen LogP contribution in [0.3, 0.4) is 0 Å². The molecule has 1 saturated heterocycles. The van der Waals surface area contributed by atoms with Crippen molar-refractivity contribution in [1.82, 2.24) is 19.4 Å². The van der Waals surface area contributed by atoms with Crippen LogP contribution < -0.4 is 5.32 Å². The van der Waals surface area contributed by atoms with E-state index >= 15 is 0 Å². The van der Waals surface area contributed by atoms with E-state index in [4.69, 9.17) is 0 Å². The van der Waals surface area contributed by atoms with Crippen molar-refractivity contribution in [2.24, 2.45) is 7.05 Å². The second kappa shape index (κ2) is 5.13. The number of aromatic nitrogens is 2. The van der Waals surface area contributed by atoms with Crippen LogP contribution in [0, 0.1) is 13.8 Å². The highest BCUT2D eigenvalue weighted by Crippen LogP contribution is 2.28. The van der Waals surface area contributed by atoms with Crippen LogP contribution in [0.5, 0.6) is 0 Å². The summed E-state index contributed by atoms with van der Waals surface area (Å²) in [5, 5.41) is 7.50. The van der Waals surface area contributed by atoms with Crippen molar-refractivity contribution in [1.29, 1.82) is 0 Å². The summed E-state index contributed by atoms with van der Waals surface area (Å²) in [5.74, 6) is 0. The normalized spacial score (nSPS) is 20.2. The molecule has 1 N–H and O–H groups in total. The van der Waals surface area contributed by atoms with Gasteiger partial charge in [-0.25, -0.2) is 8.42 Å². The predicted octanol–water partition coefficient (Wildman–Crippen LogP) is 0.800. The number of hydrogen-bond acceptors (Lipinski definition) is 4. The second-order valence-electron chi connectivity index (χ2n) is 5.84. The summed E-state index contributed by atoms with van der Waals surface area (Å²) in [4.78, 5) is 0.369. The Balaban J connectivity index is 2.29.